The summed E-state index contributed by atoms with van der Waals surface area (Å²) in [5.41, 5.74) is 6.37. The highest BCUT2D eigenvalue weighted by Crippen LogP contribution is 2.22. The van der Waals surface area contributed by atoms with E-state index in [2.05, 4.69) is 20.7 Å². The van der Waals surface area contributed by atoms with Crippen LogP contribution in [0.2, 0.25) is 0 Å². The zero-order chi connectivity index (χ0) is 14.5. The molecule has 0 aliphatic heterocycles. The average Bonchev–Trinajstić information content (AvgIpc) is 2.34. The molecule has 0 spiro atoms. The summed E-state index contributed by atoms with van der Waals surface area (Å²) < 4.78 is 32.4. The molecule has 0 amide bonds. The Bertz CT molecular complexity index is 518. The molecule has 0 aliphatic rings. The zero-order valence-electron chi connectivity index (χ0n) is 11.0. The number of nitrogens with one attached hydrogen (secondary N) is 1. The van der Waals surface area contributed by atoms with Crippen molar-refractivity contribution >= 4 is 26.0 Å². The molecule has 0 fully saturated rings. The van der Waals surface area contributed by atoms with Gasteiger partial charge < -0.3 is 10.5 Å². The predicted molar refractivity (Wildman–Crippen MR) is 78.3 cm³/mol. The highest BCUT2D eigenvalue weighted by molar-refractivity contribution is 9.10. The lowest BCUT2D eigenvalue weighted by molar-refractivity contribution is 0.0834. The maximum atomic E-state index is 12.1. The lowest BCUT2D eigenvalue weighted by atomic mass is 10.2. The summed E-state index contributed by atoms with van der Waals surface area (Å²) in [5, 5.41) is 0. The van der Waals surface area contributed by atoms with Gasteiger partial charge in [0.15, 0.2) is 0 Å². The van der Waals surface area contributed by atoms with E-state index in [0.29, 0.717) is 17.6 Å². The fourth-order valence-corrected chi connectivity index (χ4v) is 3.57. The van der Waals surface area contributed by atoms with E-state index in [1.165, 1.54) is 6.07 Å². The van der Waals surface area contributed by atoms with Crippen molar-refractivity contribution in [3.8, 4) is 0 Å². The molecule has 0 atom stereocenters. The maximum Gasteiger partial charge on any atom is 0.241 e. The summed E-state index contributed by atoms with van der Waals surface area (Å²) in [6.45, 7) is 4.75. The van der Waals surface area contributed by atoms with Crippen LogP contribution in [0.5, 0.6) is 0 Å². The number of sulfonamides is 1. The molecule has 7 heteroatoms. The molecule has 108 valence electrons. The molecule has 0 saturated heterocycles. The molecule has 1 aromatic carbocycles. The van der Waals surface area contributed by atoms with Gasteiger partial charge in [-0.25, -0.2) is 13.1 Å². The van der Waals surface area contributed by atoms with Gasteiger partial charge in [-0.15, -0.1) is 0 Å². The maximum absolute atomic E-state index is 12.1. The van der Waals surface area contributed by atoms with Gasteiger partial charge in [-0.05, 0) is 47.5 Å². The number of rotatable bonds is 7. The van der Waals surface area contributed by atoms with E-state index in [4.69, 9.17) is 10.5 Å². The number of hydrogen-bond donors (Lipinski definition) is 2. The summed E-state index contributed by atoms with van der Waals surface area (Å²) >= 11 is 3.25. The molecule has 0 unspecified atom stereocenters. The Hall–Kier alpha value is -0.470. The van der Waals surface area contributed by atoms with Crippen LogP contribution in [0.15, 0.2) is 27.6 Å². The zero-order valence-corrected chi connectivity index (χ0v) is 13.4. The van der Waals surface area contributed by atoms with Crippen molar-refractivity contribution in [3.63, 3.8) is 0 Å². The summed E-state index contributed by atoms with van der Waals surface area (Å²) in [5.74, 6) is 0. The normalized spacial score (nSPS) is 12.1. The lowest BCUT2D eigenvalue weighted by Crippen LogP contribution is -2.28. The first-order valence-electron chi connectivity index (χ1n) is 5.96. The van der Waals surface area contributed by atoms with Crippen LogP contribution >= 0.6 is 15.9 Å². The predicted octanol–water partition coefficient (Wildman–Crippen LogP) is 1.61. The first-order chi connectivity index (χ1) is 8.86. The third kappa shape index (κ3) is 5.19. The average molecular weight is 351 g/mol. The van der Waals surface area contributed by atoms with Crippen LogP contribution in [-0.2, 0) is 21.3 Å². The lowest BCUT2D eigenvalue weighted by Gasteiger charge is -2.11. The van der Waals surface area contributed by atoms with Crippen molar-refractivity contribution in [2.45, 2.75) is 31.4 Å². The molecule has 5 nitrogen and oxygen atoms in total. The second kappa shape index (κ2) is 7.35. The molecule has 19 heavy (non-hydrogen) atoms. The highest BCUT2D eigenvalue weighted by Gasteiger charge is 2.17. The van der Waals surface area contributed by atoms with Crippen molar-refractivity contribution < 1.29 is 13.2 Å². The van der Waals surface area contributed by atoms with Crippen molar-refractivity contribution in [3.05, 3.63) is 28.2 Å². The van der Waals surface area contributed by atoms with Crippen molar-refractivity contribution in [1.82, 2.24) is 4.72 Å². The third-order valence-electron chi connectivity index (χ3n) is 2.37. The van der Waals surface area contributed by atoms with Crippen LogP contribution < -0.4 is 10.5 Å². The van der Waals surface area contributed by atoms with Gasteiger partial charge >= 0.3 is 0 Å². The second-order valence-electron chi connectivity index (χ2n) is 4.29. The molecule has 1 rings (SSSR count). The third-order valence-corrected chi connectivity index (χ3v) is 4.80. The Labute approximate surface area is 122 Å². The number of benzene rings is 1. The van der Waals surface area contributed by atoms with E-state index in [0.717, 1.165) is 5.56 Å². The minimum Gasteiger partial charge on any atom is -0.377 e. The van der Waals surface area contributed by atoms with Gasteiger partial charge in [0.05, 0.1) is 17.6 Å². The Morgan fingerprint density at radius 1 is 1.42 bits per heavy atom. The molecule has 0 bridgehead atoms. The molecular weight excluding hydrogens is 332 g/mol. The molecule has 1 aromatic rings. The highest BCUT2D eigenvalue weighted by atomic mass is 79.9. The van der Waals surface area contributed by atoms with Crippen molar-refractivity contribution in [2.24, 2.45) is 5.73 Å². The smallest absolute Gasteiger partial charge is 0.241 e. The molecule has 3 N–H and O–H groups in total. The molecule has 0 heterocycles. The Kier molecular flexibility index (Phi) is 6.41. The quantitative estimate of drug-likeness (QED) is 0.732. The van der Waals surface area contributed by atoms with Crippen LogP contribution in [-0.4, -0.2) is 27.7 Å². The number of hydrogen-bond acceptors (Lipinski definition) is 4. The first-order valence-corrected chi connectivity index (χ1v) is 8.24. The van der Waals surface area contributed by atoms with E-state index >= 15 is 0 Å². The van der Waals surface area contributed by atoms with Crippen molar-refractivity contribution in [2.75, 3.05) is 13.2 Å². The minimum atomic E-state index is -3.53. The summed E-state index contributed by atoms with van der Waals surface area (Å²) in [7, 11) is -3.53. The van der Waals surface area contributed by atoms with Crippen LogP contribution in [0.4, 0.5) is 0 Å². The Morgan fingerprint density at radius 3 is 2.63 bits per heavy atom. The molecule has 0 radical (unpaired) electrons. The van der Waals surface area contributed by atoms with Gasteiger partial charge in [-0.1, -0.05) is 6.07 Å². The van der Waals surface area contributed by atoms with Gasteiger partial charge in [0.2, 0.25) is 10.0 Å². The van der Waals surface area contributed by atoms with Crippen molar-refractivity contribution in [1.29, 1.82) is 0 Å². The van der Waals surface area contributed by atoms with E-state index < -0.39 is 10.0 Å². The monoisotopic (exact) mass is 350 g/mol. The van der Waals surface area contributed by atoms with Crippen LogP contribution in [0.1, 0.15) is 19.4 Å². The fraction of sp³-hybridized carbons (Fsp3) is 0.500. The largest absolute Gasteiger partial charge is 0.377 e. The summed E-state index contributed by atoms with van der Waals surface area (Å²) in [6.07, 6.45) is 0.0834. The minimum absolute atomic E-state index is 0.0834. The second-order valence-corrected chi connectivity index (χ2v) is 6.88. The fourth-order valence-electron chi connectivity index (χ4n) is 1.44. The van der Waals surface area contributed by atoms with E-state index in [-0.39, 0.29) is 17.5 Å². The van der Waals surface area contributed by atoms with Crippen LogP contribution in [0.3, 0.4) is 0 Å². The number of halogens is 1. The first kappa shape index (κ1) is 16.6. The van der Waals surface area contributed by atoms with E-state index in [9.17, 15) is 8.42 Å². The standard InChI is InChI=1S/C12H19BrN2O3S/c1-9(2)18-6-5-15-19(16,17)12-4-3-10(8-14)7-11(12)13/h3-4,7,9,15H,5-6,8,14H2,1-2H3. The van der Waals surface area contributed by atoms with Gasteiger partial charge in [0, 0.05) is 17.6 Å². The van der Waals surface area contributed by atoms with Crippen LogP contribution in [0, 0.1) is 0 Å². The van der Waals surface area contributed by atoms with Gasteiger partial charge in [0.1, 0.15) is 0 Å². The molecule has 0 aliphatic carbocycles. The van der Waals surface area contributed by atoms with Crippen LogP contribution in [0.25, 0.3) is 0 Å². The Balaban J connectivity index is 2.72. The van der Waals surface area contributed by atoms with Gasteiger partial charge in [0.25, 0.3) is 0 Å². The van der Waals surface area contributed by atoms with E-state index in [1.54, 1.807) is 12.1 Å². The molecule has 0 aromatic heterocycles. The van der Waals surface area contributed by atoms with Gasteiger partial charge in [-0.2, -0.15) is 0 Å². The van der Waals surface area contributed by atoms with Gasteiger partial charge in [-0.3, -0.25) is 0 Å². The Morgan fingerprint density at radius 2 is 2.11 bits per heavy atom. The number of ether oxygens (including phenoxy) is 1. The topological polar surface area (TPSA) is 81.4 Å². The SMILES string of the molecule is CC(C)OCCNS(=O)(=O)c1ccc(CN)cc1Br. The summed E-state index contributed by atoms with van der Waals surface area (Å²) in [4.78, 5) is 0.203. The molecular formula is C12H19BrN2O3S. The van der Waals surface area contributed by atoms with E-state index in [1.807, 2.05) is 13.8 Å². The summed E-state index contributed by atoms with van der Waals surface area (Å²) in [6, 6.07) is 4.95. The number of nitrogens with two attached hydrogens (primary N) is 1. The molecule has 0 saturated carbocycles.